The summed E-state index contributed by atoms with van der Waals surface area (Å²) in [4.78, 5) is 20.8. The van der Waals surface area contributed by atoms with Gasteiger partial charge in [0.05, 0.1) is 12.5 Å². The Morgan fingerprint density at radius 2 is 2.37 bits per heavy atom. The van der Waals surface area contributed by atoms with E-state index in [-0.39, 0.29) is 11.3 Å². The number of amides is 1. The van der Waals surface area contributed by atoms with Crippen LogP contribution >= 0.6 is 0 Å². The van der Waals surface area contributed by atoms with Gasteiger partial charge in [-0.25, -0.2) is 4.98 Å². The molecule has 0 radical (unpaired) electrons. The summed E-state index contributed by atoms with van der Waals surface area (Å²) in [6.07, 6.45) is 1.65. The number of nitrogens with zero attached hydrogens (tertiary/aromatic N) is 2. The van der Waals surface area contributed by atoms with Crippen molar-refractivity contribution < 1.29 is 9.53 Å². The molecule has 2 heterocycles. The van der Waals surface area contributed by atoms with E-state index in [1.54, 1.807) is 13.2 Å². The lowest BCUT2D eigenvalue weighted by molar-refractivity contribution is -0.124. The predicted molar refractivity (Wildman–Crippen MR) is 72.2 cm³/mol. The molecule has 0 bridgehead atoms. The lowest BCUT2D eigenvalue weighted by atomic mass is 9.83. The van der Waals surface area contributed by atoms with Crippen LogP contribution in [0, 0.1) is 12.3 Å². The first-order valence-electron chi connectivity index (χ1n) is 6.51. The van der Waals surface area contributed by atoms with Gasteiger partial charge in [-0.3, -0.25) is 10.1 Å². The summed E-state index contributed by atoms with van der Waals surface area (Å²) in [5, 5.41) is 6.05. The number of rotatable bonds is 4. The van der Waals surface area contributed by atoms with E-state index in [4.69, 9.17) is 4.74 Å². The highest BCUT2D eigenvalue weighted by atomic mass is 16.5. The lowest BCUT2D eigenvalue weighted by Crippen LogP contribution is -2.38. The van der Waals surface area contributed by atoms with Crippen molar-refractivity contribution in [1.29, 1.82) is 0 Å². The Morgan fingerprint density at radius 3 is 2.95 bits per heavy atom. The summed E-state index contributed by atoms with van der Waals surface area (Å²) in [5.74, 6) is 0.743. The normalized spacial score (nSPS) is 22.3. The molecule has 0 saturated carbocycles. The van der Waals surface area contributed by atoms with Gasteiger partial charge in [-0.2, -0.15) is 4.98 Å². The minimum absolute atomic E-state index is 0.0207. The van der Waals surface area contributed by atoms with Crippen molar-refractivity contribution >= 4 is 11.9 Å². The van der Waals surface area contributed by atoms with Crippen LogP contribution in [0.25, 0.3) is 0 Å². The highest BCUT2D eigenvalue weighted by Gasteiger charge is 2.39. The van der Waals surface area contributed by atoms with Gasteiger partial charge in [0, 0.05) is 18.3 Å². The maximum Gasteiger partial charge on any atom is 0.234 e. The molecule has 1 aromatic heterocycles. The second kappa shape index (κ2) is 5.52. The summed E-state index contributed by atoms with van der Waals surface area (Å²) in [6.45, 7) is 5.45. The van der Waals surface area contributed by atoms with Crippen LogP contribution in [0.2, 0.25) is 0 Å². The zero-order chi connectivity index (χ0) is 13.9. The van der Waals surface area contributed by atoms with Gasteiger partial charge in [-0.15, -0.1) is 0 Å². The van der Waals surface area contributed by atoms with Gasteiger partial charge in [-0.1, -0.05) is 6.92 Å². The molecule has 1 aliphatic heterocycles. The van der Waals surface area contributed by atoms with Crippen LogP contribution in [0.4, 0.5) is 5.95 Å². The van der Waals surface area contributed by atoms with E-state index in [0.717, 1.165) is 25.1 Å². The first-order valence-corrected chi connectivity index (χ1v) is 6.51. The average molecular weight is 264 g/mol. The second-order valence-electron chi connectivity index (χ2n) is 4.89. The number of carbonyl (C=O) groups excluding carboxylic acids is 1. The smallest absolute Gasteiger partial charge is 0.234 e. The second-order valence-corrected chi connectivity index (χ2v) is 4.89. The number of methoxy groups -OCH3 is 1. The summed E-state index contributed by atoms with van der Waals surface area (Å²) < 4.78 is 5.08. The molecular formula is C13H20N4O2. The lowest BCUT2D eigenvalue weighted by Gasteiger charge is -2.24. The molecule has 1 unspecified atom stereocenters. The standard InChI is InChI=1S/C13H20N4O2/c1-4-13(5-6-14-8-13)11(18)17-12-15-9(2)7-10(16-12)19-3/h7,14H,4-6,8H2,1-3H3,(H,15,16,17,18). The van der Waals surface area contributed by atoms with Crippen molar-refractivity contribution in [2.24, 2.45) is 5.41 Å². The molecule has 1 saturated heterocycles. The Hall–Kier alpha value is -1.69. The van der Waals surface area contributed by atoms with E-state index in [1.807, 2.05) is 13.8 Å². The van der Waals surface area contributed by atoms with E-state index < -0.39 is 0 Å². The van der Waals surface area contributed by atoms with Gasteiger partial charge < -0.3 is 10.1 Å². The molecule has 0 spiro atoms. The largest absolute Gasteiger partial charge is 0.481 e. The van der Waals surface area contributed by atoms with Crippen LogP contribution in [0.3, 0.4) is 0 Å². The number of ether oxygens (including phenoxy) is 1. The molecule has 6 nitrogen and oxygen atoms in total. The molecule has 1 aliphatic rings. The zero-order valence-electron chi connectivity index (χ0n) is 11.6. The molecule has 0 aliphatic carbocycles. The molecule has 2 rings (SSSR count). The SMILES string of the molecule is CCC1(C(=O)Nc2nc(C)cc(OC)n2)CCNC1. The molecule has 104 valence electrons. The van der Waals surface area contributed by atoms with Crippen LogP contribution in [0.15, 0.2) is 6.07 Å². The summed E-state index contributed by atoms with van der Waals surface area (Å²) in [6, 6.07) is 1.72. The number of aromatic nitrogens is 2. The zero-order valence-corrected chi connectivity index (χ0v) is 11.6. The van der Waals surface area contributed by atoms with Gasteiger partial charge >= 0.3 is 0 Å². The number of aryl methyl sites for hydroxylation is 1. The van der Waals surface area contributed by atoms with Crippen molar-refractivity contribution in [1.82, 2.24) is 15.3 Å². The molecule has 0 aromatic carbocycles. The third-order valence-corrected chi connectivity index (χ3v) is 3.67. The number of nitrogens with one attached hydrogen (secondary N) is 2. The van der Waals surface area contributed by atoms with Crippen molar-refractivity contribution in [3.05, 3.63) is 11.8 Å². The van der Waals surface area contributed by atoms with E-state index in [1.165, 1.54) is 0 Å². The van der Waals surface area contributed by atoms with Crippen LogP contribution in [0.1, 0.15) is 25.5 Å². The molecule has 1 fully saturated rings. The molecule has 6 heteroatoms. The number of hydrogen-bond acceptors (Lipinski definition) is 5. The van der Waals surface area contributed by atoms with Gasteiger partial charge in [-0.05, 0) is 26.3 Å². The Kier molecular flexibility index (Phi) is 3.99. The highest BCUT2D eigenvalue weighted by molar-refractivity contribution is 5.94. The fourth-order valence-electron chi connectivity index (χ4n) is 2.33. The van der Waals surface area contributed by atoms with E-state index in [0.29, 0.717) is 18.4 Å². The average Bonchev–Trinajstić information content (AvgIpc) is 2.88. The summed E-state index contributed by atoms with van der Waals surface area (Å²) >= 11 is 0. The fourth-order valence-corrected chi connectivity index (χ4v) is 2.33. The van der Waals surface area contributed by atoms with Gasteiger partial charge in [0.1, 0.15) is 0 Å². The van der Waals surface area contributed by atoms with Gasteiger partial charge in [0.25, 0.3) is 0 Å². The maximum absolute atomic E-state index is 12.4. The van der Waals surface area contributed by atoms with Crippen molar-refractivity contribution in [2.45, 2.75) is 26.7 Å². The predicted octanol–water partition coefficient (Wildman–Crippen LogP) is 1.12. The topological polar surface area (TPSA) is 76.1 Å². The van der Waals surface area contributed by atoms with Crippen LogP contribution in [-0.4, -0.2) is 36.1 Å². The van der Waals surface area contributed by atoms with Crippen molar-refractivity contribution in [2.75, 3.05) is 25.5 Å². The Balaban J connectivity index is 2.16. The molecule has 1 aromatic rings. The minimum Gasteiger partial charge on any atom is -0.481 e. The van der Waals surface area contributed by atoms with Crippen molar-refractivity contribution in [3.63, 3.8) is 0 Å². The first-order chi connectivity index (χ1) is 9.09. The third-order valence-electron chi connectivity index (χ3n) is 3.67. The molecule has 1 amide bonds. The van der Waals surface area contributed by atoms with Crippen LogP contribution < -0.4 is 15.4 Å². The third kappa shape index (κ3) is 2.84. The first kappa shape index (κ1) is 13.7. The van der Waals surface area contributed by atoms with Crippen LogP contribution in [0.5, 0.6) is 5.88 Å². The molecule has 1 atom stereocenters. The number of hydrogen-bond donors (Lipinski definition) is 2. The molecule has 2 N–H and O–H groups in total. The van der Waals surface area contributed by atoms with Crippen LogP contribution in [-0.2, 0) is 4.79 Å². The summed E-state index contributed by atoms with van der Waals surface area (Å²) in [5.41, 5.74) is 0.414. The quantitative estimate of drug-likeness (QED) is 0.852. The van der Waals surface area contributed by atoms with E-state index >= 15 is 0 Å². The maximum atomic E-state index is 12.4. The minimum atomic E-state index is -0.347. The fraction of sp³-hybridized carbons (Fsp3) is 0.615. The van der Waals surface area contributed by atoms with E-state index in [2.05, 4.69) is 20.6 Å². The number of anilines is 1. The highest BCUT2D eigenvalue weighted by Crippen LogP contribution is 2.30. The van der Waals surface area contributed by atoms with E-state index in [9.17, 15) is 4.79 Å². The molecule has 19 heavy (non-hydrogen) atoms. The van der Waals surface area contributed by atoms with Gasteiger partial charge in [0.15, 0.2) is 0 Å². The monoisotopic (exact) mass is 264 g/mol. The summed E-state index contributed by atoms with van der Waals surface area (Å²) in [7, 11) is 1.54. The Bertz CT molecular complexity index is 470. The molecular weight excluding hydrogens is 244 g/mol. The Labute approximate surface area is 113 Å². The van der Waals surface area contributed by atoms with Gasteiger partial charge in [0.2, 0.25) is 17.7 Å². The number of carbonyl (C=O) groups is 1. The van der Waals surface area contributed by atoms with Crippen molar-refractivity contribution in [3.8, 4) is 5.88 Å². The Morgan fingerprint density at radius 1 is 1.58 bits per heavy atom.